The molecule has 1 fully saturated rings. The fourth-order valence-electron chi connectivity index (χ4n) is 4.80. The van der Waals surface area contributed by atoms with Crippen LogP contribution in [-0.4, -0.2) is 57.6 Å². The van der Waals surface area contributed by atoms with Crippen LogP contribution in [0.3, 0.4) is 0 Å². The Kier molecular flexibility index (Phi) is 6.60. The molecule has 7 nitrogen and oxygen atoms in total. The van der Waals surface area contributed by atoms with Crippen molar-refractivity contribution in [3.05, 3.63) is 90.3 Å². The second kappa shape index (κ2) is 10.5. The van der Waals surface area contributed by atoms with E-state index < -0.39 is 0 Å². The lowest BCUT2D eigenvalue weighted by Gasteiger charge is -2.23. The van der Waals surface area contributed by atoms with Crippen molar-refractivity contribution in [2.24, 2.45) is 0 Å². The highest BCUT2D eigenvalue weighted by molar-refractivity contribution is 5.85. The van der Waals surface area contributed by atoms with Gasteiger partial charge in [-0.1, -0.05) is 48.0 Å². The van der Waals surface area contributed by atoms with Gasteiger partial charge in [0.25, 0.3) is 0 Å². The van der Waals surface area contributed by atoms with E-state index in [4.69, 9.17) is 19.4 Å². The third-order valence-corrected chi connectivity index (χ3v) is 6.92. The third kappa shape index (κ3) is 5.22. The van der Waals surface area contributed by atoms with Crippen molar-refractivity contribution in [1.29, 1.82) is 0 Å². The van der Waals surface area contributed by atoms with E-state index in [0.29, 0.717) is 22.9 Å². The van der Waals surface area contributed by atoms with E-state index in [1.54, 1.807) is 0 Å². The molecule has 0 saturated carbocycles. The molecule has 1 aliphatic rings. The Morgan fingerprint density at radius 2 is 1.59 bits per heavy atom. The minimum absolute atomic E-state index is 0.570. The maximum Gasteiger partial charge on any atom is 0.229 e. The Labute approximate surface area is 216 Å². The van der Waals surface area contributed by atoms with Crippen LogP contribution in [-0.2, 0) is 6.42 Å². The molecule has 0 unspecified atom stereocenters. The first kappa shape index (κ1) is 23.3. The maximum atomic E-state index is 6.32. The van der Waals surface area contributed by atoms with Crippen LogP contribution in [0.15, 0.2) is 83.5 Å². The van der Waals surface area contributed by atoms with Crippen molar-refractivity contribution in [3.8, 4) is 22.8 Å². The number of anilines is 1. The molecule has 6 rings (SSSR count). The Hall–Kier alpha value is -4.10. The van der Waals surface area contributed by atoms with Crippen LogP contribution < -0.4 is 4.90 Å². The van der Waals surface area contributed by atoms with Crippen molar-refractivity contribution >= 4 is 17.0 Å². The first-order chi connectivity index (χ1) is 18.2. The molecule has 3 aromatic heterocycles. The molecule has 2 aromatic carbocycles. The van der Waals surface area contributed by atoms with Gasteiger partial charge in [-0.05, 0) is 56.1 Å². The zero-order valence-corrected chi connectivity index (χ0v) is 21.0. The number of oxazole rings is 1. The number of rotatable bonds is 6. The average molecular weight is 491 g/mol. The largest absolute Gasteiger partial charge is 0.430 e. The second-order valence-corrected chi connectivity index (χ2v) is 9.56. The molecule has 0 radical (unpaired) electrons. The van der Waals surface area contributed by atoms with E-state index in [1.165, 1.54) is 11.1 Å². The second-order valence-electron chi connectivity index (χ2n) is 9.56. The van der Waals surface area contributed by atoms with Crippen LogP contribution in [0.25, 0.3) is 34.1 Å². The highest BCUT2D eigenvalue weighted by Gasteiger charge is 2.23. The molecule has 7 heteroatoms. The van der Waals surface area contributed by atoms with Gasteiger partial charge in [0.2, 0.25) is 17.1 Å². The zero-order valence-electron chi connectivity index (χ0n) is 21.0. The molecule has 0 N–H and O–H groups in total. The molecule has 37 heavy (non-hydrogen) atoms. The van der Waals surface area contributed by atoms with Crippen LogP contribution >= 0.6 is 0 Å². The predicted octanol–water partition coefficient (Wildman–Crippen LogP) is 5.41. The standard InChI is InChI=1S/C30H30N6O/c1-22-8-10-24(11-9-22)27-32-28-26(37-30(34-28)25-6-3-2-4-7-25)29(33-27)36-18-5-17-35(20-21-36)19-14-23-12-15-31-16-13-23/h2-4,6-13,15-16H,5,14,17-21H2,1H3. The summed E-state index contributed by atoms with van der Waals surface area (Å²) in [6.45, 7) is 6.93. The van der Waals surface area contributed by atoms with Gasteiger partial charge in [0, 0.05) is 49.7 Å². The molecule has 4 heterocycles. The van der Waals surface area contributed by atoms with Crippen molar-refractivity contribution in [2.75, 3.05) is 37.6 Å². The van der Waals surface area contributed by atoms with Crippen molar-refractivity contribution in [1.82, 2.24) is 24.8 Å². The van der Waals surface area contributed by atoms with Gasteiger partial charge < -0.3 is 14.2 Å². The lowest BCUT2D eigenvalue weighted by molar-refractivity contribution is 0.297. The summed E-state index contributed by atoms with van der Waals surface area (Å²) in [4.78, 5) is 23.7. The molecular formula is C30H30N6O. The molecule has 1 saturated heterocycles. The Bertz CT molecular complexity index is 1470. The van der Waals surface area contributed by atoms with Gasteiger partial charge in [0.05, 0.1) is 0 Å². The number of fused-ring (bicyclic) bond motifs is 1. The molecule has 0 amide bonds. The summed E-state index contributed by atoms with van der Waals surface area (Å²) in [7, 11) is 0. The van der Waals surface area contributed by atoms with E-state index in [-0.39, 0.29) is 0 Å². The van der Waals surface area contributed by atoms with E-state index in [9.17, 15) is 0 Å². The topological polar surface area (TPSA) is 71.2 Å². The highest BCUT2D eigenvalue weighted by atomic mass is 16.4. The normalized spacial score (nSPS) is 14.7. The van der Waals surface area contributed by atoms with Gasteiger partial charge in [0.1, 0.15) is 0 Å². The van der Waals surface area contributed by atoms with Gasteiger partial charge >= 0.3 is 0 Å². The number of aryl methyl sites for hydroxylation is 1. The van der Waals surface area contributed by atoms with Gasteiger partial charge in [-0.25, -0.2) is 9.97 Å². The third-order valence-electron chi connectivity index (χ3n) is 6.92. The molecule has 0 spiro atoms. The average Bonchev–Trinajstić information content (AvgIpc) is 3.24. The summed E-state index contributed by atoms with van der Waals surface area (Å²) in [5.41, 5.74) is 5.69. The van der Waals surface area contributed by atoms with Crippen LogP contribution in [0, 0.1) is 6.92 Å². The lowest BCUT2D eigenvalue weighted by Crippen LogP contribution is -2.32. The zero-order chi connectivity index (χ0) is 25.0. The van der Waals surface area contributed by atoms with Gasteiger partial charge in [-0.2, -0.15) is 4.98 Å². The molecule has 186 valence electrons. The van der Waals surface area contributed by atoms with E-state index in [1.807, 2.05) is 42.7 Å². The summed E-state index contributed by atoms with van der Waals surface area (Å²) >= 11 is 0. The fraction of sp³-hybridized carbons (Fsp3) is 0.267. The lowest BCUT2D eigenvalue weighted by atomic mass is 10.1. The highest BCUT2D eigenvalue weighted by Crippen LogP contribution is 2.32. The van der Waals surface area contributed by atoms with Crippen LogP contribution in [0.5, 0.6) is 0 Å². The predicted molar refractivity (Wildman–Crippen MR) is 146 cm³/mol. The van der Waals surface area contributed by atoms with E-state index in [0.717, 1.165) is 62.5 Å². The number of benzene rings is 2. The van der Waals surface area contributed by atoms with Crippen LogP contribution in [0.1, 0.15) is 17.5 Å². The first-order valence-corrected chi connectivity index (χ1v) is 12.9. The molecular weight excluding hydrogens is 460 g/mol. The molecule has 5 aromatic rings. The summed E-state index contributed by atoms with van der Waals surface area (Å²) in [5.74, 6) is 2.07. The Balaban J connectivity index is 1.31. The Morgan fingerprint density at radius 3 is 2.41 bits per heavy atom. The molecule has 0 aliphatic carbocycles. The number of hydrogen-bond donors (Lipinski definition) is 0. The summed E-state index contributed by atoms with van der Waals surface area (Å²) in [6, 6.07) is 22.5. The van der Waals surface area contributed by atoms with Crippen LogP contribution in [0.4, 0.5) is 5.82 Å². The monoisotopic (exact) mass is 490 g/mol. The van der Waals surface area contributed by atoms with E-state index in [2.05, 4.69) is 58.1 Å². The van der Waals surface area contributed by atoms with Crippen molar-refractivity contribution in [2.45, 2.75) is 19.8 Å². The summed E-state index contributed by atoms with van der Waals surface area (Å²) in [5, 5.41) is 0. The SMILES string of the molecule is Cc1ccc(-c2nc(N3CCCN(CCc4ccncc4)CC3)c3oc(-c4ccccc4)nc3n2)cc1. The van der Waals surface area contributed by atoms with Gasteiger partial charge in [0.15, 0.2) is 11.6 Å². The minimum atomic E-state index is 0.570. The fourth-order valence-corrected chi connectivity index (χ4v) is 4.80. The maximum absolute atomic E-state index is 6.32. The van der Waals surface area contributed by atoms with Crippen LogP contribution in [0.2, 0.25) is 0 Å². The molecule has 1 aliphatic heterocycles. The Morgan fingerprint density at radius 1 is 0.784 bits per heavy atom. The quantitative estimate of drug-likeness (QED) is 0.315. The number of hydrogen-bond acceptors (Lipinski definition) is 7. The number of pyridine rings is 1. The van der Waals surface area contributed by atoms with Crippen molar-refractivity contribution < 1.29 is 4.42 Å². The smallest absolute Gasteiger partial charge is 0.229 e. The van der Waals surface area contributed by atoms with Gasteiger partial charge in [-0.15, -0.1) is 0 Å². The number of aromatic nitrogens is 4. The van der Waals surface area contributed by atoms with E-state index >= 15 is 0 Å². The molecule has 0 bridgehead atoms. The molecule has 0 atom stereocenters. The first-order valence-electron chi connectivity index (χ1n) is 12.9. The minimum Gasteiger partial charge on any atom is -0.430 e. The van der Waals surface area contributed by atoms with Gasteiger partial charge in [-0.3, -0.25) is 4.98 Å². The summed E-state index contributed by atoms with van der Waals surface area (Å²) in [6.07, 6.45) is 5.82. The number of nitrogens with zero attached hydrogens (tertiary/aromatic N) is 6. The van der Waals surface area contributed by atoms with Crippen molar-refractivity contribution in [3.63, 3.8) is 0 Å². The summed E-state index contributed by atoms with van der Waals surface area (Å²) < 4.78 is 6.32.